The minimum absolute atomic E-state index is 0.185. The molecule has 5 nitrogen and oxygen atoms in total. The van der Waals surface area contributed by atoms with Crippen LogP contribution in [0.5, 0.6) is 0 Å². The topological polar surface area (TPSA) is 69.7 Å². The van der Waals surface area contributed by atoms with Crippen LogP contribution < -0.4 is 0 Å². The van der Waals surface area contributed by atoms with Gasteiger partial charge >= 0.3 is 8.25 Å². The van der Waals surface area contributed by atoms with Crippen LogP contribution in [-0.2, 0) is 46.7 Å². The van der Waals surface area contributed by atoms with E-state index in [1.807, 2.05) is 60.7 Å². The molecule has 8 heteroatoms. The van der Waals surface area contributed by atoms with Gasteiger partial charge in [0.25, 0.3) is 0 Å². The van der Waals surface area contributed by atoms with Gasteiger partial charge < -0.3 is 0 Å². The van der Waals surface area contributed by atoms with Crippen LogP contribution in [0.25, 0.3) is 0 Å². The van der Waals surface area contributed by atoms with E-state index >= 15 is 0 Å². The van der Waals surface area contributed by atoms with E-state index in [9.17, 15) is 13.0 Å². The van der Waals surface area contributed by atoms with E-state index in [2.05, 4.69) is 0 Å². The van der Waals surface area contributed by atoms with Gasteiger partial charge in [0.05, 0.1) is 33.1 Å². The summed E-state index contributed by atoms with van der Waals surface area (Å²) in [5.41, 5.74) is 1.83. The zero-order valence-electron chi connectivity index (χ0n) is 12.9. The van der Waals surface area contributed by atoms with Crippen molar-refractivity contribution in [2.75, 3.05) is 11.9 Å². The molecule has 0 spiro atoms. The standard InChI is InChI=1S/C16H18O5PS2/c17-22(20-13-23(18)11-15-7-3-1-4-8-15)21-14-24(19)12-16-9-5-2-6-10-16/h1-10H,11-14H2/q+1. The van der Waals surface area contributed by atoms with E-state index in [-0.39, 0.29) is 11.9 Å². The molecule has 0 N–H and O–H groups in total. The quantitative estimate of drug-likeness (QED) is 0.586. The van der Waals surface area contributed by atoms with Gasteiger partial charge in [0.1, 0.15) is 0 Å². The van der Waals surface area contributed by atoms with Crippen LogP contribution in [0.2, 0.25) is 0 Å². The molecule has 0 bridgehead atoms. The monoisotopic (exact) mass is 385 g/mol. The summed E-state index contributed by atoms with van der Waals surface area (Å²) in [5, 5.41) is 0. The number of hydrogen-bond acceptors (Lipinski definition) is 5. The molecule has 0 amide bonds. The molecule has 2 rings (SSSR count). The first-order valence-corrected chi connectivity index (χ1v) is 11.2. The van der Waals surface area contributed by atoms with Crippen molar-refractivity contribution in [1.82, 2.24) is 0 Å². The number of benzene rings is 2. The van der Waals surface area contributed by atoms with Crippen LogP contribution in [0, 0.1) is 0 Å². The van der Waals surface area contributed by atoms with E-state index in [0.717, 1.165) is 11.1 Å². The van der Waals surface area contributed by atoms with E-state index in [1.165, 1.54) is 0 Å². The molecular formula is C16H18O5PS2+. The summed E-state index contributed by atoms with van der Waals surface area (Å²) in [6.45, 7) is 0. The Hall–Kier alpha value is -1.24. The number of rotatable bonds is 10. The van der Waals surface area contributed by atoms with Crippen molar-refractivity contribution in [2.24, 2.45) is 0 Å². The maximum atomic E-state index is 11.8. The molecule has 2 unspecified atom stereocenters. The van der Waals surface area contributed by atoms with Crippen LogP contribution in [0.3, 0.4) is 0 Å². The lowest BCUT2D eigenvalue weighted by Crippen LogP contribution is -2.04. The average molecular weight is 385 g/mol. The normalized spacial score (nSPS) is 14.1. The average Bonchev–Trinajstić information content (AvgIpc) is 2.60. The fourth-order valence-corrected chi connectivity index (χ4v) is 4.84. The molecule has 0 aliphatic carbocycles. The second-order valence-electron chi connectivity index (χ2n) is 4.86. The maximum Gasteiger partial charge on any atom is 0.699 e. The lowest BCUT2D eigenvalue weighted by atomic mass is 10.2. The Kier molecular flexibility index (Phi) is 8.42. The molecule has 24 heavy (non-hydrogen) atoms. The molecule has 2 atom stereocenters. The molecule has 128 valence electrons. The Morgan fingerprint density at radius 2 is 1.08 bits per heavy atom. The van der Waals surface area contributed by atoms with Gasteiger partial charge in [-0.15, -0.1) is 9.05 Å². The first-order chi connectivity index (χ1) is 11.6. The summed E-state index contributed by atoms with van der Waals surface area (Å²) >= 11 is 0. The summed E-state index contributed by atoms with van der Waals surface area (Å²) in [6, 6.07) is 18.6. The third-order valence-electron chi connectivity index (χ3n) is 2.92. The molecule has 0 saturated heterocycles. The summed E-state index contributed by atoms with van der Waals surface area (Å²) in [4.78, 5) is 0. The first kappa shape index (κ1) is 19.1. The van der Waals surface area contributed by atoms with Gasteiger partial charge in [-0.1, -0.05) is 60.7 Å². The smallest absolute Gasteiger partial charge is 0.257 e. The van der Waals surface area contributed by atoms with Crippen molar-refractivity contribution < 1.29 is 22.0 Å². The molecule has 2 aromatic carbocycles. The Morgan fingerprint density at radius 3 is 1.46 bits per heavy atom. The fourth-order valence-electron chi connectivity index (χ4n) is 1.84. The van der Waals surface area contributed by atoms with Crippen molar-refractivity contribution in [1.29, 1.82) is 0 Å². The van der Waals surface area contributed by atoms with Gasteiger partial charge in [-0.05, 0) is 11.1 Å². The predicted octanol–water partition coefficient (Wildman–Crippen LogP) is 3.49. The molecule has 0 aromatic heterocycles. The van der Waals surface area contributed by atoms with Crippen LogP contribution >= 0.6 is 8.25 Å². The lowest BCUT2D eigenvalue weighted by Gasteiger charge is -1.99. The molecule has 0 aliphatic heterocycles. The van der Waals surface area contributed by atoms with Crippen molar-refractivity contribution in [3.63, 3.8) is 0 Å². The Bertz CT molecular complexity index is 635. The second kappa shape index (κ2) is 10.6. The molecule has 0 radical (unpaired) electrons. The van der Waals surface area contributed by atoms with Gasteiger partial charge in [-0.2, -0.15) is 0 Å². The van der Waals surface area contributed by atoms with Gasteiger partial charge in [0.2, 0.25) is 0 Å². The largest absolute Gasteiger partial charge is 0.699 e. The van der Waals surface area contributed by atoms with E-state index in [1.54, 1.807) is 0 Å². The molecule has 0 saturated carbocycles. The number of hydrogen-bond donors (Lipinski definition) is 0. The van der Waals surface area contributed by atoms with Crippen molar-refractivity contribution in [3.8, 4) is 0 Å². The fraction of sp³-hybridized carbons (Fsp3) is 0.250. The van der Waals surface area contributed by atoms with Crippen molar-refractivity contribution >= 4 is 29.9 Å². The van der Waals surface area contributed by atoms with Crippen molar-refractivity contribution in [3.05, 3.63) is 71.8 Å². The van der Waals surface area contributed by atoms with E-state index in [4.69, 9.17) is 9.05 Å². The minimum atomic E-state index is -2.43. The Morgan fingerprint density at radius 1 is 0.708 bits per heavy atom. The maximum absolute atomic E-state index is 11.8. The lowest BCUT2D eigenvalue weighted by molar-refractivity contribution is 0.280. The van der Waals surface area contributed by atoms with Gasteiger partial charge in [-0.3, -0.25) is 8.42 Å². The van der Waals surface area contributed by atoms with Crippen LogP contribution in [0.1, 0.15) is 11.1 Å². The molecule has 0 fully saturated rings. The van der Waals surface area contributed by atoms with E-state index in [0.29, 0.717) is 11.5 Å². The highest BCUT2D eigenvalue weighted by molar-refractivity contribution is 7.84. The Balaban J connectivity index is 1.64. The third kappa shape index (κ3) is 7.55. The zero-order chi connectivity index (χ0) is 17.2. The van der Waals surface area contributed by atoms with Crippen LogP contribution in [0.4, 0.5) is 0 Å². The second-order valence-corrected chi connectivity index (χ2v) is 8.63. The SMILES string of the molecule is O=[P+](OCS(=O)Cc1ccccc1)OCS(=O)Cc1ccccc1. The summed E-state index contributed by atoms with van der Waals surface area (Å²) in [6.07, 6.45) is 0. The van der Waals surface area contributed by atoms with Crippen LogP contribution in [-0.4, -0.2) is 20.3 Å². The predicted molar refractivity (Wildman–Crippen MR) is 96.1 cm³/mol. The zero-order valence-corrected chi connectivity index (χ0v) is 15.4. The van der Waals surface area contributed by atoms with Gasteiger partial charge in [0, 0.05) is 4.57 Å². The molecule has 0 heterocycles. The van der Waals surface area contributed by atoms with Gasteiger partial charge in [-0.25, -0.2) is 0 Å². The van der Waals surface area contributed by atoms with Gasteiger partial charge in [0.15, 0.2) is 11.9 Å². The molecular weight excluding hydrogens is 367 g/mol. The van der Waals surface area contributed by atoms with Crippen LogP contribution in [0.15, 0.2) is 60.7 Å². The highest BCUT2D eigenvalue weighted by Crippen LogP contribution is 2.24. The molecule has 0 aliphatic rings. The summed E-state index contributed by atoms with van der Waals surface area (Å²) in [5.74, 6) is 0.277. The highest BCUT2D eigenvalue weighted by atomic mass is 32.2. The third-order valence-corrected chi connectivity index (χ3v) is 6.02. The first-order valence-electron chi connectivity index (χ1n) is 7.14. The highest BCUT2D eigenvalue weighted by Gasteiger charge is 2.23. The summed E-state index contributed by atoms with van der Waals surface area (Å²) in [7, 11) is -5.03. The van der Waals surface area contributed by atoms with E-state index < -0.39 is 29.9 Å². The Labute approximate surface area is 147 Å². The minimum Gasteiger partial charge on any atom is -0.257 e. The molecule has 2 aromatic rings. The van der Waals surface area contributed by atoms with Crippen molar-refractivity contribution in [2.45, 2.75) is 11.5 Å². The summed E-state index contributed by atoms with van der Waals surface area (Å²) < 4.78 is 45.1.